The van der Waals surface area contributed by atoms with E-state index in [0.717, 1.165) is 12.2 Å². The number of amides is 1. The fourth-order valence-corrected chi connectivity index (χ4v) is 4.35. The summed E-state index contributed by atoms with van der Waals surface area (Å²) in [6, 6.07) is 9.29. The first kappa shape index (κ1) is 17.0. The lowest BCUT2D eigenvalue weighted by Gasteiger charge is -2.36. The Labute approximate surface area is 146 Å². The summed E-state index contributed by atoms with van der Waals surface area (Å²) in [6.07, 6.45) is 0.286. The van der Waals surface area contributed by atoms with Crippen LogP contribution >= 0.6 is 11.3 Å². The number of carbonyl (C=O) groups is 1. The highest BCUT2D eigenvalue weighted by molar-refractivity contribution is 7.10. The third kappa shape index (κ3) is 3.47. The molecule has 24 heavy (non-hydrogen) atoms. The predicted octanol–water partition coefficient (Wildman–Crippen LogP) is 3.45. The molecule has 1 saturated heterocycles. The van der Waals surface area contributed by atoms with Gasteiger partial charge in [-0.1, -0.05) is 0 Å². The second-order valence-electron chi connectivity index (χ2n) is 6.14. The molecule has 1 aliphatic rings. The summed E-state index contributed by atoms with van der Waals surface area (Å²) in [6.45, 7) is 5.67. The number of thiophene rings is 1. The van der Waals surface area contributed by atoms with Gasteiger partial charge in [0, 0.05) is 29.4 Å². The van der Waals surface area contributed by atoms with Gasteiger partial charge < -0.3 is 14.7 Å². The minimum absolute atomic E-state index is 0.0292. The fraction of sp³-hybridized carbons (Fsp3) is 0.421. The zero-order valence-electron chi connectivity index (χ0n) is 14.1. The van der Waals surface area contributed by atoms with Crippen LogP contribution in [-0.2, 0) is 0 Å². The number of ether oxygens (including phenoxy) is 1. The van der Waals surface area contributed by atoms with Crippen molar-refractivity contribution in [3.63, 3.8) is 0 Å². The van der Waals surface area contributed by atoms with Crippen LogP contribution in [0.25, 0.3) is 0 Å². The van der Waals surface area contributed by atoms with Crippen LogP contribution in [0.2, 0.25) is 0 Å². The van der Waals surface area contributed by atoms with Crippen LogP contribution in [0.1, 0.15) is 40.1 Å². The zero-order valence-corrected chi connectivity index (χ0v) is 14.9. The molecule has 0 radical (unpaired) electrons. The molecule has 0 bridgehead atoms. The summed E-state index contributed by atoms with van der Waals surface area (Å²) in [5, 5.41) is 12.6. The van der Waals surface area contributed by atoms with Crippen molar-refractivity contribution in [3.8, 4) is 5.75 Å². The maximum absolute atomic E-state index is 12.7. The van der Waals surface area contributed by atoms with E-state index in [9.17, 15) is 9.90 Å². The zero-order chi connectivity index (χ0) is 17.1. The number of hydrogen-bond donors (Lipinski definition) is 1. The minimum atomic E-state index is -0.511. The molecule has 1 aliphatic heterocycles. The van der Waals surface area contributed by atoms with Crippen molar-refractivity contribution in [3.05, 3.63) is 51.7 Å². The van der Waals surface area contributed by atoms with Crippen LogP contribution in [0.3, 0.4) is 0 Å². The lowest BCUT2D eigenvalue weighted by Crippen LogP contribution is -2.45. The van der Waals surface area contributed by atoms with E-state index in [4.69, 9.17) is 4.74 Å². The largest absolute Gasteiger partial charge is 0.494 e. The van der Waals surface area contributed by atoms with Crippen LogP contribution in [0.5, 0.6) is 5.75 Å². The summed E-state index contributed by atoms with van der Waals surface area (Å²) in [7, 11) is 0. The van der Waals surface area contributed by atoms with E-state index in [0.29, 0.717) is 25.3 Å². The molecule has 1 aromatic carbocycles. The van der Waals surface area contributed by atoms with Gasteiger partial charge in [0.1, 0.15) is 5.75 Å². The Bertz CT molecular complexity index is 695. The number of hydrogen-bond acceptors (Lipinski definition) is 4. The summed E-state index contributed by atoms with van der Waals surface area (Å²) >= 11 is 1.69. The maximum atomic E-state index is 12.7. The Morgan fingerprint density at radius 1 is 1.33 bits per heavy atom. The topological polar surface area (TPSA) is 49.8 Å². The maximum Gasteiger partial charge on any atom is 0.253 e. The third-order valence-electron chi connectivity index (χ3n) is 4.52. The summed E-state index contributed by atoms with van der Waals surface area (Å²) in [5.41, 5.74) is 1.87. The second-order valence-corrected chi connectivity index (χ2v) is 7.09. The van der Waals surface area contributed by atoms with E-state index in [1.807, 2.05) is 19.1 Å². The first-order valence-electron chi connectivity index (χ1n) is 8.34. The van der Waals surface area contributed by atoms with Gasteiger partial charge in [-0.2, -0.15) is 0 Å². The average molecular weight is 345 g/mol. The Morgan fingerprint density at radius 2 is 2.08 bits per heavy atom. The first-order valence-corrected chi connectivity index (χ1v) is 9.22. The van der Waals surface area contributed by atoms with Crippen molar-refractivity contribution in [1.82, 2.24) is 4.90 Å². The molecule has 128 valence electrons. The molecule has 0 saturated carbocycles. The van der Waals surface area contributed by atoms with Crippen molar-refractivity contribution in [2.75, 3.05) is 19.7 Å². The van der Waals surface area contributed by atoms with Crippen LogP contribution in [0.15, 0.2) is 35.7 Å². The van der Waals surface area contributed by atoms with E-state index >= 15 is 0 Å². The van der Waals surface area contributed by atoms with Crippen molar-refractivity contribution >= 4 is 17.2 Å². The highest BCUT2D eigenvalue weighted by atomic mass is 32.1. The number of likely N-dealkylation sites (tertiary alicyclic amines) is 1. The van der Waals surface area contributed by atoms with Gasteiger partial charge in [-0.05, 0) is 61.5 Å². The summed E-state index contributed by atoms with van der Waals surface area (Å²) in [5.74, 6) is 0.869. The smallest absolute Gasteiger partial charge is 0.253 e. The number of carbonyl (C=O) groups excluding carboxylic acids is 1. The summed E-state index contributed by atoms with van der Waals surface area (Å²) in [4.78, 5) is 15.6. The molecular formula is C19H23NO3S. The SMILES string of the molecule is CCOc1ccc(C(=O)N2CC[C@@H](c3sccc3C)[C@H](O)C2)cc1. The van der Waals surface area contributed by atoms with Crippen molar-refractivity contribution in [1.29, 1.82) is 0 Å². The van der Waals surface area contributed by atoms with Gasteiger partial charge in [0.2, 0.25) is 0 Å². The van der Waals surface area contributed by atoms with Crippen molar-refractivity contribution < 1.29 is 14.6 Å². The molecular weight excluding hydrogens is 322 g/mol. The van der Waals surface area contributed by atoms with Gasteiger partial charge in [0.05, 0.1) is 12.7 Å². The van der Waals surface area contributed by atoms with Gasteiger partial charge in [-0.3, -0.25) is 4.79 Å². The van der Waals surface area contributed by atoms with Crippen molar-refractivity contribution in [2.24, 2.45) is 0 Å². The van der Waals surface area contributed by atoms with Gasteiger partial charge in [-0.25, -0.2) is 0 Å². The van der Waals surface area contributed by atoms with E-state index in [-0.39, 0.29) is 11.8 Å². The second kappa shape index (κ2) is 7.36. The molecule has 2 heterocycles. The monoisotopic (exact) mass is 345 g/mol. The lowest BCUT2D eigenvalue weighted by atomic mass is 9.90. The number of rotatable bonds is 4. The molecule has 1 aromatic heterocycles. The molecule has 0 spiro atoms. The average Bonchev–Trinajstić information content (AvgIpc) is 3.01. The lowest BCUT2D eigenvalue weighted by molar-refractivity contribution is 0.0387. The summed E-state index contributed by atoms with van der Waals surface area (Å²) < 4.78 is 5.41. The van der Waals surface area contributed by atoms with Gasteiger partial charge >= 0.3 is 0 Å². The molecule has 0 unspecified atom stereocenters. The molecule has 1 fully saturated rings. The van der Waals surface area contributed by atoms with Crippen LogP contribution in [0, 0.1) is 6.92 Å². The highest BCUT2D eigenvalue weighted by Crippen LogP contribution is 2.34. The number of aryl methyl sites for hydroxylation is 1. The number of aliphatic hydroxyl groups is 1. The van der Waals surface area contributed by atoms with E-state index in [1.54, 1.807) is 28.4 Å². The van der Waals surface area contributed by atoms with E-state index in [1.165, 1.54) is 10.4 Å². The highest BCUT2D eigenvalue weighted by Gasteiger charge is 2.32. The molecule has 2 atom stereocenters. The first-order chi connectivity index (χ1) is 11.6. The van der Waals surface area contributed by atoms with E-state index in [2.05, 4.69) is 18.4 Å². The van der Waals surface area contributed by atoms with Gasteiger partial charge in [0.15, 0.2) is 0 Å². The molecule has 0 aliphatic carbocycles. The van der Waals surface area contributed by atoms with Crippen LogP contribution in [-0.4, -0.2) is 41.7 Å². The number of aliphatic hydroxyl groups excluding tert-OH is 1. The Morgan fingerprint density at radius 3 is 2.67 bits per heavy atom. The van der Waals surface area contributed by atoms with Gasteiger partial charge in [0.25, 0.3) is 5.91 Å². The molecule has 1 N–H and O–H groups in total. The standard InChI is InChI=1S/C19H23NO3S/c1-3-23-15-6-4-14(5-7-15)19(22)20-10-8-16(17(21)12-20)18-13(2)9-11-24-18/h4-7,9,11,16-17,21H,3,8,10,12H2,1-2H3/t16-,17-/m1/s1. The van der Waals surface area contributed by atoms with Crippen LogP contribution < -0.4 is 4.74 Å². The van der Waals surface area contributed by atoms with Crippen LogP contribution in [0.4, 0.5) is 0 Å². The Kier molecular flexibility index (Phi) is 5.21. The quantitative estimate of drug-likeness (QED) is 0.923. The number of nitrogens with zero attached hydrogens (tertiary/aromatic N) is 1. The van der Waals surface area contributed by atoms with Crippen molar-refractivity contribution in [2.45, 2.75) is 32.3 Å². The Balaban J connectivity index is 1.66. The molecule has 3 rings (SSSR count). The number of β-amino-alcohol motifs (C(OH)–C–C–N with tert-alkyl or cyclic N) is 1. The fourth-order valence-electron chi connectivity index (χ4n) is 3.23. The minimum Gasteiger partial charge on any atom is -0.494 e. The van der Waals surface area contributed by atoms with Gasteiger partial charge in [-0.15, -0.1) is 11.3 Å². The normalized spacial score (nSPS) is 20.9. The molecule has 5 heteroatoms. The number of benzene rings is 1. The molecule has 1 amide bonds. The van der Waals surface area contributed by atoms with E-state index < -0.39 is 6.10 Å². The predicted molar refractivity (Wildman–Crippen MR) is 95.9 cm³/mol. The molecule has 2 aromatic rings. The third-order valence-corrected chi connectivity index (χ3v) is 5.67. The molecule has 4 nitrogen and oxygen atoms in total. The Hall–Kier alpha value is -1.85. The number of piperidine rings is 1.